The van der Waals surface area contributed by atoms with Crippen molar-refractivity contribution in [1.29, 1.82) is 0 Å². The van der Waals surface area contributed by atoms with E-state index in [1.54, 1.807) is 6.92 Å². The third-order valence-electron chi connectivity index (χ3n) is 4.77. The second-order valence-electron chi connectivity index (χ2n) is 7.21. The summed E-state index contributed by atoms with van der Waals surface area (Å²) in [5.74, 6) is -1.04. The van der Waals surface area contributed by atoms with Crippen molar-refractivity contribution in [2.45, 2.75) is 25.6 Å². The number of carbonyl (C=O) groups is 1. The van der Waals surface area contributed by atoms with Crippen LogP contribution in [0.5, 0.6) is 5.75 Å². The van der Waals surface area contributed by atoms with Gasteiger partial charge in [0.1, 0.15) is 16.9 Å². The van der Waals surface area contributed by atoms with E-state index in [0.29, 0.717) is 24.1 Å². The lowest BCUT2D eigenvalue weighted by atomic mass is 10.2. The van der Waals surface area contributed by atoms with Gasteiger partial charge in [-0.2, -0.15) is 17.5 Å². The summed E-state index contributed by atoms with van der Waals surface area (Å²) >= 11 is 0.943. The Labute approximate surface area is 189 Å². The van der Waals surface area contributed by atoms with Crippen LogP contribution in [0.1, 0.15) is 28.2 Å². The molecule has 13 heteroatoms. The Morgan fingerprint density at radius 2 is 2.09 bits per heavy atom. The van der Waals surface area contributed by atoms with Gasteiger partial charge in [-0.3, -0.25) is 4.79 Å². The van der Waals surface area contributed by atoms with Crippen LogP contribution in [0.15, 0.2) is 30.6 Å². The molecule has 33 heavy (non-hydrogen) atoms. The monoisotopic (exact) mass is 482 g/mol. The number of amides is 1. The molecule has 1 aliphatic rings. The van der Waals surface area contributed by atoms with Crippen molar-refractivity contribution in [3.63, 3.8) is 0 Å². The molecule has 174 valence electrons. The molecule has 4 rings (SSSR count). The average Bonchev–Trinajstić information content (AvgIpc) is 3.40. The van der Waals surface area contributed by atoms with Crippen molar-refractivity contribution in [3.05, 3.63) is 53.4 Å². The number of nitrogens with zero attached hydrogens (tertiary/aromatic N) is 3. The summed E-state index contributed by atoms with van der Waals surface area (Å²) in [7, 11) is 0. The van der Waals surface area contributed by atoms with Crippen LogP contribution in [0.4, 0.5) is 34.1 Å². The normalized spacial score (nSPS) is 16.0. The fourth-order valence-electron chi connectivity index (χ4n) is 3.15. The molecule has 1 aliphatic heterocycles. The number of hydrogen-bond acceptors (Lipinski definition) is 8. The molecule has 3 heterocycles. The molecule has 2 aromatic heterocycles. The predicted octanol–water partition coefficient (Wildman–Crippen LogP) is 4.14. The summed E-state index contributed by atoms with van der Waals surface area (Å²) in [5, 5.41) is 8.84. The standard InChI is InChI=1S/C20H18F4N6O2S/c1-10-17(19(33-30-10)29-16-9-26-15(8-27-16)20(22,23)24)18(31)28-11-2-3-13(21)14(6-11)32-12-4-5-25-7-12/h2-3,6,8-9,12,25H,4-5,7H2,1H3,(H,27,29)(H,28,31)/t12-/m1/s1. The molecule has 1 fully saturated rings. The molecule has 1 aromatic carbocycles. The maximum atomic E-state index is 14.1. The van der Waals surface area contributed by atoms with Crippen LogP contribution >= 0.6 is 11.5 Å². The first kappa shape index (κ1) is 22.9. The van der Waals surface area contributed by atoms with Crippen LogP contribution in [0.2, 0.25) is 0 Å². The van der Waals surface area contributed by atoms with Crippen LogP contribution in [0.25, 0.3) is 0 Å². The van der Waals surface area contributed by atoms with Gasteiger partial charge in [0, 0.05) is 18.3 Å². The summed E-state index contributed by atoms with van der Waals surface area (Å²) in [6.07, 6.45) is -2.51. The van der Waals surface area contributed by atoms with Gasteiger partial charge >= 0.3 is 6.18 Å². The number of nitrogens with one attached hydrogen (secondary N) is 3. The Hall–Kier alpha value is -3.32. The van der Waals surface area contributed by atoms with E-state index < -0.39 is 23.6 Å². The highest BCUT2D eigenvalue weighted by Crippen LogP contribution is 2.31. The predicted molar refractivity (Wildman–Crippen MR) is 113 cm³/mol. The summed E-state index contributed by atoms with van der Waals surface area (Å²) in [4.78, 5) is 19.9. The smallest absolute Gasteiger partial charge is 0.434 e. The number of hydrogen-bond donors (Lipinski definition) is 3. The van der Waals surface area contributed by atoms with Gasteiger partial charge in [0.15, 0.2) is 17.3 Å². The molecular formula is C20H18F4N6O2S. The molecule has 0 aliphatic carbocycles. The molecule has 0 spiro atoms. The number of alkyl halides is 3. The molecular weight excluding hydrogens is 464 g/mol. The molecule has 1 amide bonds. The number of halogens is 4. The number of carbonyl (C=O) groups excluding carboxylic acids is 1. The van der Waals surface area contributed by atoms with E-state index in [4.69, 9.17) is 4.74 Å². The summed E-state index contributed by atoms with van der Waals surface area (Å²) in [5.41, 5.74) is -0.244. The Morgan fingerprint density at radius 1 is 1.27 bits per heavy atom. The first-order valence-electron chi connectivity index (χ1n) is 9.81. The van der Waals surface area contributed by atoms with Gasteiger partial charge in [-0.1, -0.05) is 0 Å². The van der Waals surface area contributed by atoms with Crippen molar-refractivity contribution in [2.75, 3.05) is 23.7 Å². The van der Waals surface area contributed by atoms with E-state index in [9.17, 15) is 22.4 Å². The van der Waals surface area contributed by atoms with Crippen LogP contribution in [-0.2, 0) is 6.18 Å². The van der Waals surface area contributed by atoms with E-state index in [1.807, 2.05) is 0 Å². The number of ether oxygens (including phenoxy) is 1. The van der Waals surface area contributed by atoms with Crippen LogP contribution < -0.4 is 20.7 Å². The number of aromatic nitrogens is 3. The molecule has 1 atom stereocenters. The molecule has 0 radical (unpaired) electrons. The minimum absolute atomic E-state index is 0.0170. The van der Waals surface area contributed by atoms with Gasteiger partial charge in [0.25, 0.3) is 5.91 Å². The third kappa shape index (κ3) is 5.37. The highest BCUT2D eigenvalue weighted by Gasteiger charge is 2.32. The number of rotatable bonds is 6. The van der Waals surface area contributed by atoms with Gasteiger partial charge in [-0.15, -0.1) is 0 Å². The van der Waals surface area contributed by atoms with Gasteiger partial charge in [-0.25, -0.2) is 14.4 Å². The lowest BCUT2D eigenvalue weighted by Crippen LogP contribution is -2.20. The lowest BCUT2D eigenvalue weighted by Gasteiger charge is -2.14. The van der Waals surface area contributed by atoms with E-state index >= 15 is 0 Å². The van der Waals surface area contributed by atoms with Gasteiger partial charge in [0.2, 0.25) is 0 Å². The van der Waals surface area contributed by atoms with Crippen molar-refractivity contribution >= 4 is 33.9 Å². The number of benzene rings is 1. The molecule has 8 nitrogen and oxygen atoms in total. The molecule has 0 bridgehead atoms. The fraction of sp³-hybridized carbons (Fsp3) is 0.300. The number of aryl methyl sites for hydroxylation is 1. The van der Waals surface area contributed by atoms with Gasteiger partial charge < -0.3 is 20.7 Å². The molecule has 3 N–H and O–H groups in total. The SMILES string of the molecule is Cc1nsc(Nc2cnc(C(F)(F)F)cn2)c1C(=O)Nc1ccc(F)c(O[C@@H]2CCNC2)c1. The summed E-state index contributed by atoms with van der Waals surface area (Å²) in [6.45, 7) is 3.01. The Kier molecular flexibility index (Phi) is 6.42. The minimum atomic E-state index is -4.61. The lowest BCUT2D eigenvalue weighted by molar-refractivity contribution is -0.141. The zero-order chi connectivity index (χ0) is 23.6. The van der Waals surface area contributed by atoms with Gasteiger partial charge in [-0.05, 0) is 43.6 Å². The highest BCUT2D eigenvalue weighted by atomic mass is 32.1. The van der Waals surface area contributed by atoms with E-state index in [-0.39, 0.29) is 28.2 Å². The topological polar surface area (TPSA) is 101 Å². The minimum Gasteiger partial charge on any atom is -0.486 e. The summed E-state index contributed by atoms with van der Waals surface area (Å²) < 4.78 is 62.0. The molecule has 3 aromatic rings. The van der Waals surface area contributed by atoms with Crippen molar-refractivity contribution in [1.82, 2.24) is 19.7 Å². The van der Waals surface area contributed by atoms with Crippen molar-refractivity contribution in [3.8, 4) is 5.75 Å². The van der Waals surface area contributed by atoms with E-state index in [1.165, 1.54) is 18.2 Å². The Balaban J connectivity index is 1.50. The first-order valence-corrected chi connectivity index (χ1v) is 10.6. The first-order chi connectivity index (χ1) is 15.7. The maximum absolute atomic E-state index is 14.1. The molecule has 1 saturated heterocycles. The van der Waals surface area contributed by atoms with E-state index in [0.717, 1.165) is 30.7 Å². The zero-order valence-electron chi connectivity index (χ0n) is 17.2. The van der Waals surface area contributed by atoms with Crippen molar-refractivity contribution < 1.29 is 27.1 Å². The second-order valence-corrected chi connectivity index (χ2v) is 7.99. The Bertz CT molecular complexity index is 1150. The zero-order valence-corrected chi connectivity index (χ0v) is 18.0. The molecule has 0 saturated carbocycles. The number of anilines is 3. The van der Waals surface area contributed by atoms with Crippen LogP contribution in [0.3, 0.4) is 0 Å². The van der Waals surface area contributed by atoms with Crippen LogP contribution in [0, 0.1) is 12.7 Å². The van der Waals surface area contributed by atoms with E-state index in [2.05, 4.69) is 30.3 Å². The highest BCUT2D eigenvalue weighted by molar-refractivity contribution is 7.10. The quantitative estimate of drug-likeness (QED) is 0.454. The van der Waals surface area contributed by atoms with Crippen LogP contribution in [-0.4, -0.2) is 39.4 Å². The third-order valence-corrected chi connectivity index (χ3v) is 5.63. The summed E-state index contributed by atoms with van der Waals surface area (Å²) in [6, 6.07) is 3.99. The largest absolute Gasteiger partial charge is 0.486 e. The molecule has 0 unspecified atom stereocenters. The second kappa shape index (κ2) is 9.27. The van der Waals surface area contributed by atoms with Gasteiger partial charge in [0.05, 0.1) is 23.7 Å². The van der Waals surface area contributed by atoms with Crippen molar-refractivity contribution in [2.24, 2.45) is 0 Å². The fourth-order valence-corrected chi connectivity index (χ4v) is 3.95. The Morgan fingerprint density at radius 3 is 2.76 bits per heavy atom. The maximum Gasteiger partial charge on any atom is 0.434 e. The average molecular weight is 482 g/mol.